The van der Waals surface area contributed by atoms with Crippen molar-refractivity contribution in [2.45, 2.75) is 11.3 Å². The highest BCUT2D eigenvalue weighted by atomic mass is 79.9. The highest BCUT2D eigenvalue weighted by molar-refractivity contribution is 9.11. The van der Waals surface area contributed by atoms with Gasteiger partial charge in [-0.2, -0.15) is 0 Å². The Morgan fingerprint density at radius 2 is 1.90 bits per heavy atom. The lowest BCUT2D eigenvalue weighted by Crippen LogP contribution is -2.13. The van der Waals surface area contributed by atoms with Crippen LogP contribution in [-0.2, 0) is 16.4 Å². The van der Waals surface area contributed by atoms with E-state index in [0.29, 0.717) is 10.2 Å². The van der Waals surface area contributed by atoms with Gasteiger partial charge in [0.05, 0.1) is 10.6 Å². The molecule has 0 saturated heterocycles. The summed E-state index contributed by atoms with van der Waals surface area (Å²) in [5.41, 5.74) is 2.55. The van der Waals surface area contributed by atoms with E-state index in [4.69, 9.17) is 0 Å². The largest absolute Gasteiger partial charge is 0.384 e. The van der Waals surface area contributed by atoms with Gasteiger partial charge in [0.2, 0.25) is 0 Å². The smallest absolute Gasteiger partial charge is 0.261 e. The first-order chi connectivity index (χ1) is 9.95. The highest BCUT2D eigenvalue weighted by Crippen LogP contribution is 2.30. The van der Waals surface area contributed by atoms with E-state index in [0.717, 1.165) is 28.7 Å². The first kappa shape index (κ1) is 14.9. The van der Waals surface area contributed by atoms with Crippen molar-refractivity contribution in [2.24, 2.45) is 0 Å². The Labute approximate surface area is 140 Å². The van der Waals surface area contributed by atoms with Crippen molar-refractivity contribution < 1.29 is 8.42 Å². The van der Waals surface area contributed by atoms with E-state index in [2.05, 4.69) is 41.9 Å². The maximum Gasteiger partial charge on any atom is 0.261 e. The van der Waals surface area contributed by atoms with Crippen molar-refractivity contribution in [1.82, 2.24) is 0 Å². The minimum absolute atomic E-state index is 0.275. The zero-order chi connectivity index (χ0) is 15.0. The van der Waals surface area contributed by atoms with Gasteiger partial charge in [-0.25, -0.2) is 8.42 Å². The molecule has 0 unspecified atom stereocenters. The summed E-state index contributed by atoms with van der Waals surface area (Å²) in [5, 5.41) is 3.22. The van der Waals surface area contributed by atoms with Crippen LogP contribution in [-0.4, -0.2) is 15.0 Å². The van der Waals surface area contributed by atoms with E-state index < -0.39 is 10.0 Å². The summed E-state index contributed by atoms with van der Waals surface area (Å²) in [6.45, 7) is 0.851. The van der Waals surface area contributed by atoms with Crippen LogP contribution in [0, 0.1) is 0 Å². The van der Waals surface area contributed by atoms with E-state index in [1.54, 1.807) is 24.3 Å². The van der Waals surface area contributed by atoms with E-state index in [9.17, 15) is 8.42 Å². The molecular formula is C14H12Br2N2O2S. The number of halogens is 2. The molecule has 2 aromatic rings. The zero-order valence-corrected chi connectivity index (χ0v) is 14.8. The van der Waals surface area contributed by atoms with Crippen molar-refractivity contribution in [3.8, 4) is 0 Å². The quantitative estimate of drug-likeness (QED) is 0.772. The highest BCUT2D eigenvalue weighted by Gasteiger charge is 2.19. The summed E-state index contributed by atoms with van der Waals surface area (Å²) in [7, 11) is -3.60. The summed E-state index contributed by atoms with van der Waals surface area (Å²) in [5.74, 6) is 0. The lowest BCUT2D eigenvalue weighted by Gasteiger charge is -2.11. The molecule has 4 nitrogen and oxygen atoms in total. The molecule has 0 saturated carbocycles. The van der Waals surface area contributed by atoms with Crippen LogP contribution in [0.1, 0.15) is 5.56 Å². The molecule has 2 N–H and O–H groups in total. The predicted octanol–water partition coefficient (Wildman–Crippen LogP) is 3.98. The molecule has 110 valence electrons. The third-order valence-corrected chi connectivity index (χ3v) is 5.82. The zero-order valence-electron chi connectivity index (χ0n) is 10.9. The van der Waals surface area contributed by atoms with Gasteiger partial charge in [-0.3, -0.25) is 4.72 Å². The summed E-state index contributed by atoms with van der Waals surface area (Å²) in [6, 6.07) is 10.5. The molecule has 21 heavy (non-hydrogen) atoms. The first-order valence-corrected chi connectivity index (χ1v) is 9.37. The van der Waals surface area contributed by atoms with Gasteiger partial charge in [0, 0.05) is 21.2 Å². The standard InChI is InChI=1S/C14H12Br2N2O2S/c15-10-1-3-12(16)14(8-10)18-21(19,20)11-2-4-13-9(7-11)5-6-17-13/h1-4,7-8,17-18H,5-6H2. The van der Waals surface area contributed by atoms with Gasteiger partial charge >= 0.3 is 0 Å². The van der Waals surface area contributed by atoms with Crippen molar-refractivity contribution >= 4 is 53.3 Å². The van der Waals surface area contributed by atoms with Gasteiger partial charge in [0.15, 0.2) is 0 Å². The normalized spacial score (nSPS) is 13.6. The van der Waals surface area contributed by atoms with Crippen molar-refractivity contribution in [1.29, 1.82) is 0 Å². The Balaban J connectivity index is 1.95. The molecule has 1 aliphatic rings. The fraction of sp³-hybridized carbons (Fsp3) is 0.143. The van der Waals surface area contributed by atoms with Gasteiger partial charge in [-0.1, -0.05) is 15.9 Å². The molecular weight excluding hydrogens is 420 g/mol. The fourth-order valence-corrected chi connectivity index (χ4v) is 4.19. The molecule has 0 fully saturated rings. The topological polar surface area (TPSA) is 58.2 Å². The summed E-state index contributed by atoms with van der Waals surface area (Å²) < 4.78 is 29.1. The minimum atomic E-state index is -3.60. The van der Waals surface area contributed by atoms with Crippen LogP contribution in [0.2, 0.25) is 0 Å². The van der Waals surface area contributed by atoms with Crippen molar-refractivity contribution in [3.63, 3.8) is 0 Å². The second kappa shape index (κ2) is 5.62. The second-order valence-corrected chi connectivity index (χ2v) is 8.18. The minimum Gasteiger partial charge on any atom is -0.384 e. The molecule has 2 aromatic carbocycles. The molecule has 1 heterocycles. The van der Waals surface area contributed by atoms with Crippen LogP contribution in [0.25, 0.3) is 0 Å². The molecule has 0 aromatic heterocycles. The number of anilines is 2. The first-order valence-electron chi connectivity index (χ1n) is 6.30. The van der Waals surface area contributed by atoms with Gasteiger partial charge in [-0.05, 0) is 64.3 Å². The Morgan fingerprint density at radius 1 is 1.10 bits per heavy atom. The van der Waals surface area contributed by atoms with E-state index in [1.165, 1.54) is 0 Å². The lowest BCUT2D eigenvalue weighted by molar-refractivity contribution is 0.601. The number of hydrogen-bond donors (Lipinski definition) is 2. The number of fused-ring (bicyclic) bond motifs is 1. The Morgan fingerprint density at radius 3 is 2.71 bits per heavy atom. The third-order valence-electron chi connectivity index (χ3n) is 3.27. The van der Waals surface area contributed by atoms with Crippen molar-refractivity contribution in [2.75, 3.05) is 16.6 Å². The van der Waals surface area contributed by atoms with Crippen LogP contribution in [0.15, 0.2) is 50.2 Å². The van der Waals surface area contributed by atoms with Gasteiger partial charge in [0.25, 0.3) is 10.0 Å². The Bertz CT molecular complexity index is 807. The average Bonchev–Trinajstić information content (AvgIpc) is 2.90. The number of sulfonamides is 1. The maximum atomic E-state index is 12.5. The number of rotatable bonds is 3. The molecule has 0 aliphatic carbocycles. The lowest BCUT2D eigenvalue weighted by atomic mass is 10.2. The monoisotopic (exact) mass is 430 g/mol. The number of nitrogens with one attached hydrogen (secondary N) is 2. The van der Waals surface area contributed by atoms with Crippen molar-refractivity contribution in [3.05, 3.63) is 50.9 Å². The second-order valence-electron chi connectivity index (χ2n) is 4.73. The molecule has 0 atom stereocenters. The third kappa shape index (κ3) is 3.09. The molecule has 1 aliphatic heterocycles. The van der Waals surface area contributed by atoms with Crippen LogP contribution < -0.4 is 10.0 Å². The summed E-state index contributed by atoms with van der Waals surface area (Å²) >= 11 is 6.68. The summed E-state index contributed by atoms with van der Waals surface area (Å²) in [4.78, 5) is 0.275. The van der Waals surface area contributed by atoms with Gasteiger partial charge in [-0.15, -0.1) is 0 Å². The van der Waals surface area contributed by atoms with Crippen LogP contribution >= 0.6 is 31.9 Å². The van der Waals surface area contributed by atoms with Crippen LogP contribution in [0.5, 0.6) is 0 Å². The number of hydrogen-bond acceptors (Lipinski definition) is 3. The molecule has 0 radical (unpaired) electrons. The molecule has 3 rings (SSSR count). The van der Waals surface area contributed by atoms with E-state index >= 15 is 0 Å². The molecule has 0 bridgehead atoms. The maximum absolute atomic E-state index is 12.5. The van der Waals surface area contributed by atoms with E-state index in [1.807, 2.05) is 12.1 Å². The summed E-state index contributed by atoms with van der Waals surface area (Å²) in [6.07, 6.45) is 0.847. The van der Waals surface area contributed by atoms with Gasteiger partial charge < -0.3 is 5.32 Å². The van der Waals surface area contributed by atoms with Crippen LogP contribution in [0.3, 0.4) is 0 Å². The predicted molar refractivity (Wildman–Crippen MR) is 91.3 cm³/mol. The molecule has 7 heteroatoms. The average molecular weight is 432 g/mol. The molecule has 0 amide bonds. The fourth-order valence-electron chi connectivity index (χ4n) is 2.23. The van der Waals surface area contributed by atoms with Crippen LogP contribution in [0.4, 0.5) is 11.4 Å². The van der Waals surface area contributed by atoms with Gasteiger partial charge in [0.1, 0.15) is 0 Å². The van der Waals surface area contributed by atoms with E-state index in [-0.39, 0.29) is 4.90 Å². The number of benzene rings is 2. The Kier molecular flexibility index (Phi) is 3.98. The SMILES string of the molecule is O=S(=O)(Nc1cc(Br)ccc1Br)c1ccc2c(c1)CCN2. The Hall–Kier alpha value is -1.05. The molecule has 0 spiro atoms.